The molecule has 30 heavy (non-hydrogen) atoms. The van der Waals surface area contributed by atoms with Crippen molar-refractivity contribution in [1.29, 1.82) is 5.26 Å². The van der Waals surface area contributed by atoms with Crippen molar-refractivity contribution < 1.29 is 14.6 Å². The van der Waals surface area contributed by atoms with Gasteiger partial charge in [-0.3, -0.25) is 4.57 Å². The molecule has 1 atom stereocenters. The Balaban J connectivity index is 1.94. The summed E-state index contributed by atoms with van der Waals surface area (Å²) in [6.45, 7) is 1.68. The quantitative estimate of drug-likeness (QED) is 0.544. The van der Waals surface area contributed by atoms with Crippen LogP contribution in [0.25, 0.3) is 28.1 Å². The highest BCUT2D eigenvalue weighted by Crippen LogP contribution is 2.34. The van der Waals surface area contributed by atoms with Gasteiger partial charge in [-0.05, 0) is 19.1 Å². The maximum Gasteiger partial charge on any atom is 0.163 e. The second-order valence-electron chi connectivity index (χ2n) is 6.75. The van der Waals surface area contributed by atoms with Crippen molar-refractivity contribution in [3.63, 3.8) is 0 Å². The highest BCUT2D eigenvalue weighted by molar-refractivity contribution is 5.82. The fourth-order valence-corrected chi connectivity index (χ4v) is 3.45. The maximum atomic E-state index is 10.3. The maximum absolute atomic E-state index is 10.3. The molecule has 0 amide bonds. The minimum absolute atomic E-state index is 0.492. The van der Waals surface area contributed by atoms with Gasteiger partial charge in [0.2, 0.25) is 0 Å². The van der Waals surface area contributed by atoms with Crippen LogP contribution in [0.4, 0.5) is 0 Å². The minimum Gasteiger partial charge on any atom is -0.493 e. The topological polar surface area (TPSA) is 93.2 Å². The molecular weight excluding hydrogens is 380 g/mol. The van der Waals surface area contributed by atoms with Crippen molar-refractivity contribution in [3.05, 3.63) is 66.0 Å². The predicted octanol–water partition coefficient (Wildman–Crippen LogP) is 4.03. The van der Waals surface area contributed by atoms with E-state index in [0.29, 0.717) is 39.7 Å². The van der Waals surface area contributed by atoms with E-state index in [1.165, 1.54) is 0 Å². The number of rotatable bonds is 5. The number of fused-ring (bicyclic) bond motifs is 1. The zero-order chi connectivity index (χ0) is 21.3. The molecule has 0 spiro atoms. The number of hydrogen-bond acceptors (Lipinski definition) is 6. The number of nitriles is 1. The number of hydrogen-bond donors (Lipinski definition) is 1. The molecule has 0 radical (unpaired) electrons. The Hall–Kier alpha value is -3.89. The second-order valence-corrected chi connectivity index (χ2v) is 6.75. The zero-order valence-corrected chi connectivity index (χ0v) is 16.8. The molecule has 7 heteroatoms. The third kappa shape index (κ3) is 3.23. The number of methoxy groups -OCH3 is 2. The molecule has 150 valence electrons. The molecule has 4 aromatic rings. The van der Waals surface area contributed by atoms with E-state index in [4.69, 9.17) is 14.5 Å². The third-order valence-corrected chi connectivity index (χ3v) is 4.96. The summed E-state index contributed by atoms with van der Waals surface area (Å²) in [4.78, 5) is 9.26. The lowest BCUT2D eigenvalue weighted by atomic mass is 9.98. The summed E-state index contributed by atoms with van der Waals surface area (Å²) < 4.78 is 12.6. The minimum atomic E-state index is -0.739. The smallest absolute Gasteiger partial charge is 0.163 e. The molecule has 7 nitrogen and oxygen atoms in total. The average molecular weight is 400 g/mol. The lowest BCUT2D eigenvalue weighted by Gasteiger charge is -2.15. The van der Waals surface area contributed by atoms with Crippen molar-refractivity contribution in [2.75, 3.05) is 14.2 Å². The molecule has 0 bridgehead atoms. The molecule has 0 saturated heterocycles. The molecule has 2 heterocycles. The van der Waals surface area contributed by atoms with Crippen LogP contribution >= 0.6 is 0 Å². The summed E-state index contributed by atoms with van der Waals surface area (Å²) in [5, 5.41) is 19.8. The van der Waals surface area contributed by atoms with Gasteiger partial charge in [-0.1, -0.05) is 24.3 Å². The van der Waals surface area contributed by atoms with Crippen molar-refractivity contribution >= 4 is 11.0 Å². The van der Waals surface area contributed by atoms with Crippen LogP contribution in [0.3, 0.4) is 0 Å². The van der Waals surface area contributed by atoms with Crippen LogP contribution in [0.5, 0.6) is 11.5 Å². The molecule has 2 aromatic heterocycles. The van der Waals surface area contributed by atoms with E-state index in [9.17, 15) is 10.4 Å². The van der Waals surface area contributed by atoms with Gasteiger partial charge in [0, 0.05) is 23.3 Å². The molecule has 2 aromatic carbocycles. The van der Waals surface area contributed by atoms with Crippen LogP contribution in [0.2, 0.25) is 0 Å². The molecular formula is C23H20N4O3. The van der Waals surface area contributed by atoms with E-state index in [1.807, 2.05) is 34.9 Å². The molecule has 0 aliphatic carbocycles. The van der Waals surface area contributed by atoms with E-state index in [1.54, 1.807) is 45.7 Å². The van der Waals surface area contributed by atoms with Crippen LogP contribution in [0.1, 0.15) is 24.2 Å². The molecule has 1 N–H and O–H groups in total. The van der Waals surface area contributed by atoms with Gasteiger partial charge in [0.25, 0.3) is 0 Å². The van der Waals surface area contributed by atoms with Gasteiger partial charge in [-0.2, -0.15) is 5.26 Å². The lowest BCUT2D eigenvalue weighted by Crippen LogP contribution is -2.04. The normalized spacial score (nSPS) is 11.8. The number of benzene rings is 2. The van der Waals surface area contributed by atoms with Gasteiger partial charge in [-0.25, -0.2) is 9.97 Å². The number of aliphatic hydroxyl groups excluding tert-OH is 1. The Morgan fingerprint density at radius 1 is 1.07 bits per heavy atom. The standard InChI is InChI=1S/C23H20N4O3/c1-14(28)16-8-9-22(26-23(16)17-7-5-4-6-15(17)12-24)27-13-25-18-10-20(29-2)21(30-3)11-19(18)27/h4-11,13-14,28H,1-3H3. The molecule has 0 saturated carbocycles. The van der Waals surface area contributed by atoms with Crippen LogP contribution < -0.4 is 9.47 Å². The summed E-state index contributed by atoms with van der Waals surface area (Å²) >= 11 is 0. The SMILES string of the molecule is COc1cc2ncn(-c3ccc(C(C)O)c(-c4ccccc4C#N)n3)c2cc1OC. The number of aliphatic hydroxyl groups is 1. The summed E-state index contributed by atoms with van der Waals surface area (Å²) in [6.07, 6.45) is 0.936. The van der Waals surface area contributed by atoms with E-state index < -0.39 is 6.10 Å². The largest absolute Gasteiger partial charge is 0.493 e. The Morgan fingerprint density at radius 2 is 1.80 bits per heavy atom. The first-order chi connectivity index (χ1) is 14.6. The van der Waals surface area contributed by atoms with Gasteiger partial charge < -0.3 is 14.6 Å². The number of ether oxygens (including phenoxy) is 2. The fourth-order valence-electron chi connectivity index (χ4n) is 3.45. The van der Waals surface area contributed by atoms with E-state index >= 15 is 0 Å². The zero-order valence-electron chi connectivity index (χ0n) is 16.8. The Labute approximate surface area is 173 Å². The van der Waals surface area contributed by atoms with Crippen LogP contribution in [-0.4, -0.2) is 33.9 Å². The van der Waals surface area contributed by atoms with E-state index in [2.05, 4.69) is 11.1 Å². The summed E-state index contributed by atoms with van der Waals surface area (Å²) in [7, 11) is 3.16. The number of nitrogens with zero attached hydrogens (tertiary/aromatic N) is 4. The molecule has 0 aliphatic rings. The Morgan fingerprint density at radius 3 is 2.50 bits per heavy atom. The van der Waals surface area contributed by atoms with Gasteiger partial charge >= 0.3 is 0 Å². The van der Waals surface area contributed by atoms with Crippen molar-refractivity contribution in [2.45, 2.75) is 13.0 Å². The summed E-state index contributed by atoms with van der Waals surface area (Å²) in [5.41, 5.74) is 3.89. The number of imidazole rings is 1. The highest BCUT2D eigenvalue weighted by Gasteiger charge is 2.18. The average Bonchev–Trinajstić information content (AvgIpc) is 3.20. The molecule has 0 aliphatic heterocycles. The lowest BCUT2D eigenvalue weighted by molar-refractivity contribution is 0.199. The van der Waals surface area contributed by atoms with Gasteiger partial charge in [0.1, 0.15) is 12.1 Å². The van der Waals surface area contributed by atoms with Gasteiger partial charge in [0.05, 0.1) is 48.7 Å². The second kappa shape index (κ2) is 7.85. The van der Waals surface area contributed by atoms with Crippen molar-refractivity contribution in [1.82, 2.24) is 14.5 Å². The first-order valence-electron chi connectivity index (χ1n) is 9.35. The third-order valence-electron chi connectivity index (χ3n) is 4.96. The van der Waals surface area contributed by atoms with Gasteiger partial charge in [0.15, 0.2) is 11.5 Å². The van der Waals surface area contributed by atoms with Crippen molar-refractivity contribution in [3.8, 4) is 34.6 Å². The summed E-state index contributed by atoms with van der Waals surface area (Å²) in [6, 6.07) is 16.7. The predicted molar refractivity (Wildman–Crippen MR) is 113 cm³/mol. The number of aromatic nitrogens is 3. The molecule has 1 unspecified atom stereocenters. The first kappa shape index (κ1) is 19.4. The van der Waals surface area contributed by atoms with Gasteiger partial charge in [-0.15, -0.1) is 0 Å². The van der Waals surface area contributed by atoms with Crippen LogP contribution in [0, 0.1) is 11.3 Å². The number of pyridine rings is 1. The fraction of sp³-hybridized carbons (Fsp3) is 0.174. The summed E-state index contributed by atoms with van der Waals surface area (Å²) in [5.74, 6) is 1.79. The van der Waals surface area contributed by atoms with Crippen LogP contribution in [-0.2, 0) is 0 Å². The van der Waals surface area contributed by atoms with E-state index in [-0.39, 0.29) is 0 Å². The highest BCUT2D eigenvalue weighted by atomic mass is 16.5. The van der Waals surface area contributed by atoms with Crippen LogP contribution in [0.15, 0.2) is 54.9 Å². The van der Waals surface area contributed by atoms with E-state index in [0.717, 1.165) is 11.0 Å². The first-order valence-corrected chi connectivity index (χ1v) is 9.35. The Bertz CT molecular complexity index is 1270. The monoisotopic (exact) mass is 400 g/mol. The molecule has 0 fully saturated rings. The molecule has 4 rings (SSSR count). The Kier molecular flexibility index (Phi) is 5.09. The van der Waals surface area contributed by atoms with Crippen molar-refractivity contribution in [2.24, 2.45) is 0 Å².